The first kappa shape index (κ1) is 24.5. The summed E-state index contributed by atoms with van der Waals surface area (Å²) in [7, 11) is 1.62. The molecule has 2 unspecified atom stereocenters. The Bertz CT molecular complexity index is 1390. The molecule has 6 rings (SSSR count). The van der Waals surface area contributed by atoms with E-state index in [1.807, 2.05) is 25.4 Å². The number of nitrogens with zero attached hydrogens (tertiary/aromatic N) is 7. The predicted molar refractivity (Wildman–Crippen MR) is 147 cm³/mol. The molecular weight excluding hydrogens is 464 g/mol. The average Bonchev–Trinajstić information content (AvgIpc) is 3.35. The Morgan fingerprint density at radius 3 is 2.78 bits per heavy atom. The topological polar surface area (TPSA) is 94.1 Å². The molecule has 3 aromatic rings. The molecule has 3 fully saturated rings. The molecule has 2 bridgehead atoms. The van der Waals surface area contributed by atoms with Gasteiger partial charge in [0.2, 0.25) is 5.88 Å². The number of nitrogens with one attached hydrogen (secondary N) is 1. The molecule has 6 heterocycles. The van der Waals surface area contributed by atoms with E-state index in [-0.39, 0.29) is 0 Å². The first-order valence-corrected chi connectivity index (χ1v) is 12.6. The Labute approximate surface area is 217 Å². The van der Waals surface area contributed by atoms with Crippen LogP contribution in [0.4, 0.5) is 11.5 Å². The highest BCUT2D eigenvalue weighted by Gasteiger charge is 2.44. The first-order chi connectivity index (χ1) is 18.0. The normalized spacial score (nSPS) is 19.6. The van der Waals surface area contributed by atoms with Crippen LogP contribution < -0.4 is 10.2 Å². The Morgan fingerprint density at radius 1 is 1.32 bits per heavy atom. The highest BCUT2D eigenvalue weighted by Crippen LogP contribution is 2.35. The summed E-state index contributed by atoms with van der Waals surface area (Å²) in [5, 5.41) is 17.3. The lowest BCUT2D eigenvalue weighted by molar-refractivity contribution is 0.00945. The molecule has 2 atom stereocenters. The third kappa shape index (κ3) is 4.80. The van der Waals surface area contributed by atoms with Crippen LogP contribution in [0.15, 0.2) is 65.9 Å². The van der Waals surface area contributed by atoms with Gasteiger partial charge in [-0.15, -0.1) is 0 Å². The average molecular weight is 497 g/mol. The van der Waals surface area contributed by atoms with Gasteiger partial charge < -0.3 is 15.0 Å². The van der Waals surface area contributed by atoms with Gasteiger partial charge >= 0.3 is 0 Å². The molecule has 9 heteroatoms. The monoisotopic (exact) mass is 496 g/mol. The van der Waals surface area contributed by atoms with Crippen molar-refractivity contribution in [3.05, 3.63) is 66.5 Å². The van der Waals surface area contributed by atoms with E-state index in [2.05, 4.69) is 63.0 Å². The summed E-state index contributed by atoms with van der Waals surface area (Å²) in [4.78, 5) is 14.0. The van der Waals surface area contributed by atoms with Gasteiger partial charge in [-0.05, 0) is 50.1 Å². The number of rotatable bonds is 9. The highest BCUT2D eigenvalue weighted by atomic mass is 16.5. The summed E-state index contributed by atoms with van der Waals surface area (Å²) >= 11 is 0. The van der Waals surface area contributed by atoms with Crippen LogP contribution in [0.3, 0.4) is 0 Å². The Morgan fingerprint density at radius 2 is 2.14 bits per heavy atom. The minimum Gasteiger partial charge on any atom is -0.481 e. The number of hydrogen-bond acceptors (Lipinski definition) is 8. The number of methoxy groups -OCH3 is 1. The number of hydrogen-bond donors (Lipinski definition) is 1. The summed E-state index contributed by atoms with van der Waals surface area (Å²) in [5.74, 6) is 1.57. The van der Waals surface area contributed by atoms with Gasteiger partial charge in [-0.3, -0.25) is 4.90 Å². The van der Waals surface area contributed by atoms with E-state index in [1.54, 1.807) is 24.0 Å². The Hall–Kier alpha value is -4.16. The van der Waals surface area contributed by atoms with Crippen molar-refractivity contribution < 1.29 is 4.74 Å². The highest BCUT2D eigenvalue weighted by molar-refractivity contribution is 5.86. The number of nitriles is 1. The van der Waals surface area contributed by atoms with Crippen LogP contribution >= 0.6 is 0 Å². The van der Waals surface area contributed by atoms with Gasteiger partial charge in [-0.1, -0.05) is 6.58 Å². The summed E-state index contributed by atoms with van der Waals surface area (Å²) in [6.45, 7) is 11.6. The van der Waals surface area contributed by atoms with Gasteiger partial charge in [0.05, 0.1) is 36.3 Å². The largest absolute Gasteiger partial charge is 0.481 e. The number of piperazine rings is 1. The molecule has 1 N–H and O–H groups in total. The van der Waals surface area contributed by atoms with E-state index >= 15 is 0 Å². The molecule has 0 aromatic carbocycles. The zero-order chi connectivity index (χ0) is 25.9. The van der Waals surface area contributed by atoms with Gasteiger partial charge in [0.15, 0.2) is 0 Å². The quantitative estimate of drug-likeness (QED) is 0.352. The Balaban J connectivity index is 1.29. The van der Waals surface area contributed by atoms with Crippen molar-refractivity contribution in [1.82, 2.24) is 19.5 Å². The van der Waals surface area contributed by atoms with Crippen LogP contribution in [0, 0.1) is 11.3 Å². The molecule has 37 heavy (non-hydrogen) atoms. The number of allylic oxidation sites excluding steroid dienone is 1. The molecule has 0 amide bonds. The second-order valence-electron chi connectivity index (χ2n) is 9.41. The number of aliphatic imine (C=N–C) groups is 1. The molecule has 0 aliphatic carbocycles. The SMILES string of the molecule is C=C(C=N/C(=C\C)OC)CN1C2CC1CN(c1ccc(-c3cc(NCC)cn4ncc(C#N)c34)cn1)C2. The smallest absolute Gasteiger partial charge is 0.208 e. The molecule has 3 aromatic heterocycles. The second-order valence-corrected chi connectivity index (χ2v) is 9.41. The molecule has 190 valence electrons. The number of fused-ring (bicyclic) bond motifs is 3. The van der Waals surface area contributed by atoms with E-state index in [0.717, 1.165) is 59.9 Å². The van der Waals surface area contributed by atoms with Gasteiger partial charge in [-0.25, -0.2) is 14.5 Å². The minimum atomic E-state index is 0.482. The van der Waals surface area contributed by atoms with Crippen LogP contribution in [-0.4, -0.2) is 71.1 Å². The van der Waals surface area contributed by atoms with Gasteiger partial charge in [-0.2, -0.15) is 10.4 Å². The lowest BCUT2D eigenvalue weighted by atomic mass is 9.87. The minimum absolute atomic E-state index is 0.482. The molecule has 0 radical (unpaired) electrons. The van der Waals surface area contributed by atoms with E-state index in [4.69, 9.17) is 9.72 Å². The maximum absolute atomic E-state index is 9.60. The number of aromatic nitrogens is 3. The van der Waals surface area contributed by atoms with E-state index in [0.29, 0.717) is 23.5 Å². The summed E-state index contributed by atoms with van der Waals surface area (Å²) in [6.07, 6.45) is 10.3. The van der Waals surface area contributed by atoms with Crippen molar-refractivity contribution in [2.24, 2.45) is 4.99 Å². The maximum Gasteiger partial charge on any atom is 0.208 e. The standard InChI is InChI=1S/C28H32N8O/c1-5-27(37-4)32-12-19(3)15-35-23-10-24(35)18-34(17-23)26-8-7-20(13-31-26)25-9-22(30-6-2)16-36-28(25)21(11-29)14-33-36/h5,7-9,12-14,16,23-24,30H,3,6,10,15,17-18H2,1-2,4H3/b27-5+,32-12?. The fourth-order valence-electron chi connectivity index (χ4n) is 5.26. The van der Waals surface area contributed by atoms with Crippen molar-refractivity contribution >= 4 is 23.2 Å². The first-order valence-electron chi connectivity index (χ1n) is 12.6. The zero-order valence-electron chi connectivity index (χ0n) is 21.6. The second kappa shape index (κ2) is 10.4. The van der Waals surface area contributed by atoms with Crippen molar-refractivity contribution in [2.45, 2.75) is 32.4 Å². The van der Waals surface area contributed by atoms with Crippen LogP contribution in [-0.2, 0) is 4.74 Å². The molecule has 3 aliphatic heterocycles. The van der Waals surface area contributed by atoms with Crippen molar-refractivity contribution in [1.29, 1.82) is 5.26 Å². The summed E-state index contributed by atoms with van der Waals surface area (Å²) in [6, 6.07) is 9.46. The fourth-order valence-corrected chi connectivity index (χ4v) is 5.26. The summed E-state index contributed by atoms with van der Waals surface area (Å²) in [5.41, 5.74) is 5.17. The van der Waals surface area contributed by atoms with Gasteiger partial charge in [0.1, 0.15) is 11.9 Å². The van der Waals surface area contributed by atoms with E-state index < -0.39 is 0 Å². The molecule has 3 aliphatic rings. The summed E-state index contributed by atoms with van der Waals surface area (Å²) < 4.78 is 6.95. The third-order valence-corrected chi connectivity index (χ3v) is 7.06. The number of pyridine rings is 2. The van der Waals surface area contributed by atoms with E-state index in [1.165, 1.54) is 6.42 Å². The molecule has 3 saturated heterocycles. The van der Waals surface area contributed by atoms with Gasteiger partial charge in [0.25, 0.3) is 0 Å². The van der Waals surface area contributed by atoms with Crippen LogP contribution in [0.5, 0.6) is 0 Å². The number of ether oxygens (including phenoxy) is 1. The van der Waals surface area contributed by atoms with Crippen molar-refractivity contribution in [3.63, 3.8) is 0 Å². The van der Waals surface area contributed by atoms with Crippen LogP contribution in [0.25, 0.3) is 16.6 Å². The van der Waals surface area contributed by atoms with Crippen molar-refractivity contribution in [3.8, 4) is 17.2 Å². The fraction of sp³-hybridized carbons (Fsp3) is 0.357. The molecule has 0 saturated carbocycles. The molecular formula is C28H32N8O. The molecule has 9 nitrogen and oxygen atoms in total. The predicted octanol–water partition coefficient (Wildman–Crippen LogP) is 4.10. The van der Waals surface area contributed by atoms with Crippen molar-refractivity contribution in [2.75, 3.05) is 43.5 Å². The van der Waals surface area contributed by atoms with Crippen LogP contribution in [0.1, 0.15) is 25.8 Å². The molecule has 0 spiro atoms. The third-order valence-electron chi connectivity index (χ3n) is 7.06. The lowest BCUT2D eigenvalue weighted by Gasteiger charge is -2.56. The Kier molecular flexibility index (Phi) is 6.93. The van der Waals surface area contributed by atoms with Gasteiger partial charge in [0, 0.05) is 61.8 Å². The zero-order valence-corrected chi connectivity index (χ0v) is 21.6. The van der Waals surface area contributed by atoms with Crippen LogP contribution in [0.2, 0.25) is 0 Å². The number of anilines is 2. The van der Waals surface area contributed by atoms with E-state index in [9.17, 15) is 5.26 Å². The number of piperidine rings is 1. The maximum atomic E-state index is 9.60. The lowest BCUT2D eigenvalue weighted by Crippen LogP contribution is -2.69.